The Kier molecular flexibility index (Phi) is 5.08. The van der Waals surface area contributed by atoms with Gasteiger partial charge in [-0.2, -0.15) is 0 Å². The Morgan fingerprint density at radius 2 is 1.83 bits per heavy atom. The highest BCUT2D eigenvalue weighted by Crippen LogP contribution is 2.34. The molecule has 0 amide bonds. The number of rotatable bonds is 2. The third kappa shape index (κ3) is 4.24. The second-order valence-corrected chi connectivity index (χ2v) is 7.44. The monoisotopic (exact) mass is 252 g/mol. The summed E-state index contributed by atoms with van der Waals surface area (Å²) in [4.78, 5) is 2.72. The van der Waals surface area contributed by atoms with Crippen LogP contribution in [0.4, 0.5) is 0 Å². The number of hydrogen-bond acceptors (Lipinski definition) is 2. The summed E-state index contributed by atoms with van der Waals surface area (Å²) in [6.45, 7) is 12.4. The minimum absolute atomic E-state index is 0.499. The molecule has 2 saturated heterocycles. The van der Waals surface area contributed by atoms with Crippen LogP contribution >= 0.6 is 0 Å². The molecule has 18 heavy (non-hydrogen) atoms. The highest BCUT2D eigenvalue weighted by molar-refractivity contribution is 4.81. The lowest BCUT2D eigenvalue weighted by Crippen LogP contribution is -2.44. The standard InChI is InChI=1S/C16H32N2/c1-16(2,3)14-7-6-11-18(12-9-14)13-15-8-4-5-10-17-15/h14-15,17H,4-13H2,1-3H3. The average Bonchev–Trinajstić information content (AvgIpc) is 2.55. The molecular formula is C16H32N2. The van der Waals surface area contributed by atoms with Crippen molar-refractivity contribution in [1.29, 1.82) is 0 Å². The van der Waals surface area contributed by atoms with E-state index >= 15 is 0 Å². The Balaban J connectivity index is 1.78. The van der Waals surface area contributed by atoms with E-state index in [1.54, 1.807) is 0 Å². The van der Waals surface area contributed by atoms with E-state index in [0.717, 1.165) is 12.0 Å². The summed E-state index contributed by atoms with van der Waals surface area (Å²) < 4.78 is 0. The average molecular weight is 252 g/mol. The van der Waals surface area contributed by atoms with Gasteiger partial charge in [-0.1, -0.05) is 27.2 Å². The van der Waals surface area contributed by atoms with Crippen molar-refractivity contribution in [3.05, 3.63) is 0 Å². The molecule has 0 aromatic carbocycles. The van der Waals surface area contributed by atoms with Crippen molar-refractivity contribution >= 4 is 0 Å². The lowest BCUT2D eigenvalue weighted by molar-refractivity contribution is 0.198. The normalized spacial score (nSPS) is 32.2. The van der Waals surface area contributed by atoms with Gasteiger partial charge in [0.1, 0.15) is 0 Å². The van der Waals surface area contributed by atoms with Crippen LogP contribution in [0.15, 0.2) is 0 Å². The first-order chi connectivity index (χ1) is 8.55. The lowest BCUT2D eigenvalue weighted by atomic mass is 9.77. The van der Waals surface area contributed by atoms with Gasteiger partial charge in [0.15, 0.2) is 0 Å². The van der Waals surface area contributed by atoms with E-state index in [4.69, 9.17) is 0 Å². The summed E-state index contributed by atoms with van der Waals surface area (Å²) in [5.41, 5.74) is 0.499. The molecule has 0 bridgehead atoms. The molecular weight excluding hydrogens is 220 g/mol. The third-order valence-electron chi connectivity index (χ3n) is 4.94. The van der Waals surface area contributed by atoms with E-state index in [2.05, 4.69) is 31.0 Å². The SMILES string of the molecule is CC(C)(C)C1CCCN(CC2CCCCN2)CC1. The first-order valence-corrected chi connectivity index (χ1v) is 8.01. The maximum atomic E-state index is 3.69. The van der Waals surface area contributed by atoms with E-state index in [1.165, 1.54) is 64.7 Å². The van der Waals surface area contributed by atoms with Crippen molar-refractivity contribution < 1.29 is 0 Å². The predicted molar refractivity (Wildman–Crippen MR) is 78.9 cm³/mol. The second kappa shape index (κ2) is 6.38. The van der Waals surface area contributed by atoms with Gasteiger partial charge in [0, 0.05) is 12.6 Å². The number of likely N-dealkylation sites (tertiary alicyclic amines) is 1. The Bertz CT molecular complexity index is 238. The molecule has 2 atom stereocenters. The van der Waals surface area contributed by atoms with Crippen molar-refractivity contribution in [3.63, 3.8) is 0 Å². The van der Waals surface area contributed by atoms with Crippen LogP contribution in [-0.2, 0) is 0 Å². The summed E-state index contributed by atoms with van der Waals surface area (Å²) in [6.07, 6.45) is 8.42. The summed E-state index contributed by atoms with van der Waals surface area (Å²) >= 11 is 0. The fourth-order valence-corrected chi connectivity index (χ4v) is 3.60. The van der Waals surface area contributed by atoms with Gasteiger partial charge in [0.25, 0.3) is 0 Å². The van der Waals surface area contributed by atoms with Crippen LogP contribution in [0, 0.1) is 11.3 Å². The van der Waals surface area contributed by atoms with Gasteiger partial charge in [-0.3, -0.25) is 0 Å². The molecule has 2 heterocycles. The maximum Gasteiger partial charge on any atom is 0.0195 e. The van der Waals surface area contributed by atoms with E-state index < -0.39 is 0 Å². The zero-order valence-electron chi connectivity index (χ0n) is 12.7. The van der Waals surface area contributed by atoms with Crippen LogP contribution in [0.5, 0.6) is 0 Å². The lowest BCUT2D eigenvalue weighted by Gasteiger charge is -2.31. The van der Waals surface area contributed by atoms with E-state index in [1.807, 2.05) is 0 Å². The first-order valence-electron chi connectivity index (χ1n) is 8.01. The van der Waals surface area contributed by atoms with E-state index in [-0.39, 0.29) is 0 Å². The summed E-state index contributed by atoms with van der Waals surface area (Å²) in [6, 6.07) is 0.768. The van der Waals surface area contributed by atoms with E-state index in [9.17, 15) is 0 Å². The number of hydrogen-bond donors (Lipinski definition) is 1. The molecule has 0 radical (unpaired) electrons. The Labute approximate surface area is 114 Å². The number of piperidine rings is 1. The molecule has 0 aromatic heterocycles. The van der Waals surface area contributed by atoms with Crippen molar-refractivity contribution in [1.82, 2.24) is 10.2 Å². The van der Waals surface area contributed by atoms with Crippen molar-refractivity contribution in [2.24, 2.45) is 11.3 Å². The van der Waals surface area contributed by atoms with Gasteiger partial charge < -0.3 is 10.2 Å². The van der Waals surface area contributed by atoms with Gasteiger partial charge in [-0.25, -0.2) is 0 Å². The molecule has 2 unspecified atom stereocenters. The van der Waals surface area contributed by atoms with Crippen LogP contribution < -0.4 is 5.32 Å². The van der Waals surface area contributed by atoms with Crippen molar-refractivity contribution in [3.8, 4) is 0 Å². The van der Waals surface area contributed by atoms with Gasteiger partial charge >= 0.3 is 0 Å². The largest absolute Gasteiger partial charge is 0.313 e. The molecule has 2 aliphatic heterocycles. The topological polar surface area (TPSA) is 15.3 Å². The molecule has 1 N–H and O–H groups in total. The van der Waals surface area contributed by atoms with Gasteiger partial charge in [-0.05, 0) is 63.1 Å². The molecule has 2 aliphatic rings. The smallest absolute Gasteiger partial charge is 0.0195 e. The quantitative estimate of drug-likeness (QED) is 0.811. The van der Waals surface area contributed by atoms with Gasteiger partial charge in [0.05, 0.1) is 0 Å². The van der Waals surface area contributed by atoms with Crippen molar-refractivity contribution in [2.75, 3.05) is 26.2 Å². The van der Waals surface area contributed by atoms with Crippen LogP contribution in [0.1, 0.15) is 59.3 Å². The molecule has 106 valence electrons. The molecule has 0 saturated carbocycles. The van der Waals surface area contributed by atoms with Crippen LogP contribution in [0.3, 0.4) is 0 Å². The third-order valence-corrected chi connectivity index (χ3v) is 4.94. The zero-order valence-corrected chi connectivity index (χ0v) is 12.7. The minimum Gasteiger partial charge on any atom is -0.313 e. The fourth-order valence-electron chi connectivity index (χ4n) is 3.60. The Hall–Kier alpha value is -0.0800. The molecule has 2 fully saturated rings. The molecule has 2 rings (SSSR count). The molecule has 0 aromatic rings. The van der Waals surface area contributed by atoms with Crippen LogP contribution in [0.2, 0.25) is 0 Å². The van der Waals surface area contributed by atoms with Crippen molar-refractivity contribution in [2.45, 2.75) is 65.3 Å². The highest BCUT2D eigenvalue weighted by Gasteiger charge is 2.27. The molecule has 0 aliphatic carbocycles. The minimum atomic E-state index is 0.499. The highest BCUT2D eigenvalue weighted by atomic mass is 15.1. The zero-order chi connectivity index (χ0) is 13.0. The first kappa shape index (κ1) is 14.3. The summed E-state index contributed by atoms with van der Waals surface area (Å²) in [5, 5.41) is 3.69. The van der Waals surface area contributed by atoms with Crippen LogP contribution in [0.25, 0.3) is 0 Å². The molecule has 2 heteroatoms. The second-order valence-electron chi connectivity index (χ2n) is 7.44. The van der Waals surface area contributed by atoms with Gasteiger partial charge in [0.2, 0.25) is 0 Å². The fraction of sp³-hybridized carbons (Fsp3) is 1.00. The maximum absolute atomic E-state index is 3.69. The molecule has 2 nitrogen and oxygen atoms in total. The number of nitrogens with zero attached hydrogens (tertiary/aromatic N) is 1. The number of nitrogens with one attached hydrogen (secondary N) is 1. The molecule has 0 spiro atoms. The predicted octanol–water partition coefficient (Wildman–Crippen LogP) is 3.28. The Morgan fingerprint density at radius 1 is 1.00 bits per heavy atom. The Morgan fingerprint density at radius 3 is 2.50 bits per heavy atom. The van der Waals surface area contributed by atoms with Crippen LogP contribution in [-0.4, -0.2) is 37.1 Å². The summed E-state index contributed by atoms with van der Waals surface area (Å²) in [5.74, 6) is 0.918. The summed E-state index contributed by atoms with van der Waals surface area (Å²) in [7, 11) is 0. The van der Waals surface area contributed by atoms with E-state index in [0.29, 0.717) is 5.41 Å². The van der Waals surface area contributed by atoms with Gasteiger partial charge in [-0.15, -0.1) is 0 Å².